The summed E-state index contributed by atoms with van der Waals surface area (Å²) in [5, 5.41) is 9.47. The highest BCUT2D eigenvalue weighted by Gasteiger charge is 1.98. The average Bonchev–Trinajstić information content (AvgIpc) is 2.18. The fraction of sp³-hybridized carbons (Fsp3) is 0.462. The van der Waals surface area contributed by atoms with E-state index in [1.807, 2.05) is 19.9 Å². The monoisotopic (exact) mass is 224 g/mol. The van der Waals surface area contributed by atoms with E-state index >= 15 is 0 Å². The Bertz CT molecular complexity index is 288. The first kappa shape index (κ1) is 14.6. The molecule has 90 valence electrons. The molecule has 0 aliphatic carbocycles. The van der Waals surface area contributed by atoms with Crippen LogP contribution in [0, 0.1) is 0 Å². The number of allylic oxidation sites excluding steroid dienone is 3. The number of aliphatic hydroxyl groups excluding tert-OH is 1. The largest absolute Gasteiger partial charge is 0.463 e. The zero-order chi connectivity index (χ0) is 12.4. The van der Waals surface area contributed by atoms with E-state index in [4.69, 9.17) is 4.74 Å². The van der Waals surface area contributed by atoms with Crippen LogP contribution in [-0.2, 0) is 9.53 Å². The molecule has 0 fully saturated rings. The smallest absolute Gasteiger partial charge is 0.330 e. The molecule has 16 heavy (non-hydrogen) atoms. The van der Waals surface area contributed by atoms with Crippen LogP contribution in [0.5, 0.6) is 0 Å². The third kappa shape index (κ3) is 8.00. The lowest BCUT2D eigenvalue weighted by Gasteiger charge is -2.04. The van der Waals surface area contributed by atoms with Crippen molar-refractivity contribution in [1.82, 2.24) is 0 Å². The molecule has 3 heteroatoms. The van der Waals surface area contributed by atoms with Crippen molar-refractivity contribution in [3.63, 3.8) is 0 Å². The van der Waals surface area contributed by atoms with Gasteiger partial charge in [-0.2, -0.15) is 0 Å². The molecule has 0 aromatic heterocycles. The lowest BCUT2D eigenvalue weighted by molar-refractivity contribution is -0.137. The van der Waals surface area contributed by atoms with Gasteiger partial charge in [0.25, 0.3) is 0 Å². The van der Waals surface area contributed by atoms with Crippen molar-refractivity contribution < 1.29 is 14.6 Å². The molecule has 1 atom stereocenters. The molecule has 0 heterocycles. The molecule has 0 aliphatic heterocycles. The van der Waals surface area contributed by atoms with Crippen molar-refractivity contribution in [1.29, 1.82) is 0 Å². The Kier molecular flexibility index (Phi) is 8.17. The van der Waals surface area contributed by atoms with Gasteiger partial charge in [0.1, 0.15) is 0 Å². The van der Waals surface area contributed by atoms with Crippen LogP contribution < -0.4 is 0 Å². The zero-order valence-corrected chi connectivity index (χ0v) is 10.1. The summed E-state index contributed by atoms with van der Waals surface area (Å²) in [6.07, 6.45) is 8.45. The summed E-state index contributed by atoms with van der Waals surface area (Å²) in [4.78, 5) is 11.0. The molecule has 0 aromatic rings. The molecule has 0 aromatic carbocycles. The molecule has 1 N–H and O–H groups in total. The minimum atomic E-state index is -0.461. The second-order valence-electron chi connectivity index (χ2n) is 3.42. The first-order valence-electron chi connectivity index (χ1n) is 5.41. The molecule has 3 nitrogen and oxygen atoms in total. The van der Waals surface area contributed by atoms with E-state index in [-0.39, 0.29) is 5.97 Å². The molecule has 0 amide bonds. The van der Waals surface area contributed by atoms with Crippen LogP contribution in [-0.4, -0.2) is 23.8 Å². The Hall–Kier alpha value is -1.35. The van der Waals surface area contributed by atoms with Gasteiger partial charge in [0.05, 0.1) is 12.7 Å². The summed E-state index contributed by atoms with van der Waals surface area (Å²) in [5.41, 5.74) is 1.01. The first-order chi connectivity index (χ1) is 7.60. The summed E-state index contributed by atoms with van der Waals surface area (Å²) in [6.45, 7) is 5.91. The number of rotatable bonds is 6. The summed E-state index contributed by atoms with van der Waals surface area (Å²) in [5.74, 6) is -0.347. The van der Waals surface area contributed by atoms with Gasteiger partial charge in [0, 0.05) is 6.08 Å². The van der Waals surface area contributed by atoms with Crippen LogP contribution in [0.2, 0.25) is 0 Å². The SMILES string of the molecule is C/C=C/C(O)C/C(C)=C\C=C/C(=O)OCC. The third-order valence-corrected chi connectivity index (χ3v) is 1.85. The molecular formula is C13H20O3. The highest BCUT2D eigenvalue weighted by atomic mass is 16.5. The Balaban J connectivity index is 4.08. The van der Waals surface area contributed by atoms with Gasteiger partial charge in [0.2, 0.25) is 0 Å². The number of carbonyl (C=O) groups excluding carboxylic acids is 1. The molecule has 0 saturated heterocycles. The minimum Gasteiger partial charge on any atom is -0.463 e. The number of aliphatic hydroxyl groups is 1. The van der Waals surface area contributed by atoms with Gasteiger partial charge in [-0.15, -0.1) is 0 Å². The maximum atomic E-state index is 11.0. The van der Waals surface area contributed by atoms with Gasteiger partial charge in [0.15, 0.2) is 0 Å². The predicted octanol–water partition coefficient (Wildman–Crippen LogP) is 2.38. The molecule has 0 spiro atoms. The lowest BCUT2D eigenvalue weighted by Crippen LogP contribution is -2.02. The van der Waals surface area contributed by atoms with E-state index in [9.17, 15) is 9.90 Å². The molecule has 0 rings (SSSR count). The summed E-state index contributed by atoms with van der Waals surface area (Å²) >= 11 is 0. The second-order valence-corrected chi connectivity index (χ2v) is 3.42. The predicted molar refractivity (Wildman–Crippen MR) is 65.0 cm³/mol. The van der Waals surface area contributed by atoms with Crippen molar-refractivity contribution in [3.8, 4) is 0 Å². The summed E-state index contributed by atoms with van der Waals surface area (Å²) in [6, 6.07) is 0. The van der Waals surface area contributed by atoms with Crippen LogP contribution >= 0.6 is 0 Å². The van der Waals surface area contributed by atoms with Gasteiger partial charge < -0.3 is 9.84 Å². The van der Waals surface area contributed by atoms with Crippen LogP contribution in [0.15, 0.2) is 36.0 Å². The molecule has 0 saturated carbocycles. The van der Waals surface area contributed by atoms with Crippen LogP contribution in [0.25, 0.3) is 0 Å². The number of hydrogen-bond acceptors (Lipinski definition) is 3. The van der Waals surface area contributed by atoms with Crippen molar-refractivity contribution in [3.05, 3.63) is 36.0 Å². The molecule has 0 aliphatic rings. The van der Waals surface area contributed by atoms with Gasteiger partial charge >= 0.3 is 5.97 Å². The zero-order valence-electron chi connectivity index (χ0n) is 10.1. The van der Waals surface area contributed by atoms with Crippen molar-refractivity contribution in [2.75, 3.05) is 6.61 Å². The van der Waals surface area contributed by atoms with E-state index in [0.29, 0.717) is 13.0 Å². The van der Waals surface area contributed by atoms with Crippen molar-refractivity contribution in [2.45, 2.75) is 33.3 Å². The van der Waals surface area contributed by atoms with E-state index < -0.39 is 6.10 Å². The first-order valence-corrected chi connectivity index (χ1v) is 5.41. The maximum absolute atomic E-state index is 11.0. The minimum absolute atomic E-state index is 0.347. The quantitative estimate of drug-likeness (QED) is 0.326. The van der Waals surface area contributed by atoms with Crippen LogP contribution in [0.1, 0.15) is 27.2 Å². The number of carbonyl (C=O) groups is 1. The lowest BCUT2D eigenvalue weighted by atomic mass is 10.1. The van der Waals surface area contributed by atoms with Crippen LogP contribution in [0.3, 0.4) is 0 Å². The number of esters is 1. The molecular weight excluding hydrogens is 204 g/mol. The van der Waals surface area contributed by atoms with Crippen molar-refractivity contribution >= 4 is 5.97 Å². The van der Waals surface area contributed by atoms with Gasteiger partial charge in [-0.05, 0) is 27.2 Å². The van der Waals surface area contributed by atoms with E-state index in [1.54, 1.807) is 25.2 Å². The summed E-state index contributed by atoms with van der Waals surface area (Å²) in [7, 11) is 0. The number of hydrogen-bond donors (Lipinski definition) is 1. The fourth-order valence-corrected chi connectivity index (χ4v) is 1.17. The topological polar surface area (TPSA) is 46.5 Å². The molecule has 0 radical (unpaired) electrons. The molecule has 1 unspecified atom stereocenters. The van der Waals surface area contributed by atoms with E-state index in [2.05, 4.69) is 0 Å². The number of ether oxygens (including phenoxy) is 1. The fourth-order valence-electron chi connectivity index (χ4n) is 1.17. The average molecular weight is 224 g/mol. The summed E-state index contributed by atoms with van der Waals surface area (Å²) < 4.78 is 4.73. The Morgan fingerprint density at radius 2 is 2.19 bits per heavy atom. The molecule has 0 bridgehead atoms. The highest BCUT2D eigenvalue weighted by Crippen LogP contribution is 2.05. The Labute approximate surface area is 97.1 Å². The van der Waals surface area contributed by atoms with Crippen molar-refractivity contribution in [2.24, 2.45) is 0 Å². The van der Waals surface area contributed by atoms with Crippen LogP contribution in [0.4, 0.5) is 0 Å². The highest BCUT2D eigenvalue weighted by molar-refractivity contribution is 5.82. The van der Waals surface area contributed by atoms with Gasteiger partial charge in [-0.25, -0.2) is 4.79 Å². The maximum Gasteiger partial charge on any atom is 0.330 e. The second kappa shape index (κ2) is 8.92. The van der Waals surface area contributed by atoms with Gasteiger partial charge in [-0.3, -0.25) is 0 Å². The Morgan fingerprint density at radius 3 is 2.75 bits per heavy atom. The standard InChI is InChI=1S/C13H20O3/c1-4-7-12(14)10-11(3)8-6-9-13(15)16-5-2/h4,6-9,12,14H,5,10H2,1-3H3/b7-4+,9-6-,11-8-. The Morgan fingerprint density at radius 1 is 1.50 bits per heavy atom. The van der Waals surface area contributed by atoms with E-state index in [0.717, 1.165) is 5.57 Å². The van der Waals surface area contributed by atoms with E-state index in [1.165, 1.54) is 6.08 Å². The third-order valence-electron chi connectivity index (χ3n) is 1.85. The van der Waals surface area contributed by atoms with Gasteiger partial charge in [-0.1, -0.05) is 29.9 Å². The normalized spacial score (nSPS) is 14.6.